The Bertz CT molecular complexity index is 393. The number of nitrogens with zero attached hydrogens (tertiary/aromatic N) is 3. The van der Waals surface area contributed by atoms with Crippen LogP contribution in [0.2, 0.25) is 0 Å². The summed E-state index contributed by atoms with van der Waals surface area (Å²) >= 11 is 0. The molecule has 1 fully saturated rings. The number of amidine groups is 1. The minimum Gasteiger partial charge on any atom is -0.387 e. The first kappa shape index (κ1) is 13.1. The van der Waals surface area contributed by atoms with Crippen LogP contribution in [-0.4, -0.2) is 29.3 Å². The molecule has 1 aliphatic rings. The molecule has 0 aromatic carbocycles. The summed E-state index contributed by atoms with van der Waals surface area (Å²) in [6, 6.07) is 0. The Morgan fingerprint density at radius 2 is 2.28 bits per heavy atom. The van der Waals surface area contributed by atoms with Crippen LogP contribution >= 0.6 is 0 Å². The molecule has 2 rings (SSSR count). The van der Waals surface area contributed by atoms with Crippen LogP contribution in [0.1, 0.15) is 32.1 Å². The van der Waals surface area contributed by atoms with Gasteiger partial charge < -0.3 is 10.5 Å². The summed E-state index contributed by atoms with van der Waals surface area (Å²) in [5.74, 6) is 1.22. The van der Waals surface area contributed by atoms with Crippen molar-refractivity contribution in [2.24, 2.45) is 16.6 Å². The molecule has 1 aromatic rings. The third-order valence-electron chi connectivity index (χ3n) is 3.43. The maximum absolute atomic E-state index is 6.08. The van der Waals surface area contributed by atoms with Crippen molar-refractivity contribution in [3.63, 3.8) is 0 Å². The van der Waals surface area contributed by atoms with Crippen LogP contribution in [0, 0.1) is 5.92 Å². The Balaban J connectivity index is 1.95. The van der Waals surface area contributed by atoms with Gasteiger partial charge in [-0.1, -0.05) is 19.3 Å². The van der Waals surface area contributed by atoms with Crippen molar-refractivity contribution >= 4 is 11.5 Å². The van der Waals surface area contributed by atoms with Gasteiger partial charge in [0.15, 0.2) is 0 Å². The van der Waals surface area contributed by atoms with E-state index in [2.05, 4.69) is 10.1 Å². The van der Waals surface area contributed by atoms with Crippen LogP contribution in [0.4, 0.5) is 5.69 Å². The number of methoxy groups -OCH3 is 1. The standard InChI is InChI=1S/C13H22N4O/c1-18-8-7-17-10-12(9-15-17)16-13(14)11-5-3-2-4-6-11/h9-11H,2-8H2,1H3,(H2,14,16). The van der Waals surface area contributed by atoms with Crippen molar-refractivity contribution in [3.8, 4) is 0 Å². The van der Waals surface area contributed by atoms with E-state index in [-0.39, 0.29) is 0 Å². The van der Waals surface area contributed by atoms with Gasteiger partial charge in [-0.2, -0.15) is 5.10 Å². The van der Waals surface area contributed by atoms with Crippen LogP contribution in [-0.2, 0) is 11.3 Å². The van der Waals surface area contributed by atoms with E-state index in [1.807, 2.05) is 10.9 Å². The van der Waals surface area contributed by atoms with Gasteiger partial charge in [0.2, 0.25) is 0 Å². The lowest BCUT2D eigenvalue weighted by Crippen LogP contribution is -2.25. The van der Waals surface area contributed by atoms with E-state index in [1.165, 1.54) is 32.1 Å². The highest BCUT2D eigenvalue weighted by Gasteiger charge is 2.17. The molecule has 100 valence electrons. The number of aromatic nitrogens is 2. The van der Waals surface area contributed by atoms with Gasteiger partial charge in [0.1, 0.15) is 11.5 Å². The minimum absolute atomic E-state index is 0.459. The Morgan fingerprint density at radius 1 is 1.50 bits per heavy atom. The molecule has 0 unspecified atom stereocenters. The number of hydrogen-bond acceptors (Lipinski definition) is 3. The van der Waals surface area contributed by atoms with Crippen LogP contribution in [0.15, 0.2) is 17.4 Å². The molecule has 0 aliphatic heterocycles. The zero-order chi connectivity index (χ0) is 12.8. The maximum atomic E-state index is 6.08. The Labute approximate surface area is 108 Å². The molecular formula is C13H22N4O. The van der Waals surface area contributed by atoms with Gasteiger partial charge in [0.25, 0.3) is 0 Å². The highest BCUT2D eigenvalue weighted by molar-refractivity contribution is 5.85. The van der Waals surface area contributed by atoms with E-state index in [4.69, 9.17) is 10.5 Å². The van der Waals surface area contributed by atoms with Crippen molar-refractivity contribution in [2.75, 3.05) is 13.7 Å². The SMILES string of the molecule is COCCn1cc(N=C(N)C2CCCCC2)cn1. The van der Waals surface area contributed by atoms with Gasteiger partial charge in [0, 0.05) is 13.0 Å². The second kappa shape index (κ2) is 6.54. The molecular weight excluding hydrogens is 228 g/mol. The fourth-order valence-electron chi connectivity index (χ4n) is 2.36. The molecule has 0 bridgehead atoms. The molecule has 18 heavy (non-hydrogen) atoms. The molecule has 1 saturated carbocycles. The fourth-order valence-corrected chi connectivity index (χ4v) is 2.36. The third-order valence-corrected chi connectivity index (χ3v) is 3.43. The van der Waals surface area contributed by atoms with E-state index in [9.17, 15) is 0 Å². The van der Waals surface area contributed by atoms with Crippen molar-refractivity contribution in [2.45, 2.75) is 38.6 Å². The summed E-state index contributed by atoms with van der Waals surface area (Å²) in [7, 11) is 1.68. The van der Waals surface area contributed by atoms with E-state index >= 15 is 0 Å². The summed E-state index contributed by atoms with van der Waals surface area (Å²) in [6.07, 6.45) is 9.89. The van der Waals surface area contributed by atoms with Crippen LogP contribution in [0.25, 0.3) is 0 Å². The average molecular weight is 250 g/mol. The van der Waals surface area contributed by atoms with E-state index in [0.717, 1.165) is 18.1 Å². The predicted octanol–water partition coefficient (Wildman–Crippen LogP) is 2.10. The van der Waals surface area contributed by atoms with Crippen LogP contribution < -0.4 is 5.73 Å². The number of rotatable bonds is 5. The van der Waals surface area contributed by atoms with E-state index in [1.54, 1.807) is 13.3 Å². The number of aliphatic imine (C=N–C) groups is 1. The van der Waals surface area contributed by atoms with Gasteiger partial charge in [-0.3, -0.25) is 4.68 Å². The van der Waals surface area contributed by atoms with Gasteiger partial charge in [-0.25, -0.2) is 4.99 Å². The van der Waals surface area contributed by atoms with Gasteiger partial charge in [-0.15, -0.1) is 0 Å². The van der Waals surface area contributed by atoms with Crippen molar-refractivity contribution in [1.82, 2.24) is 9.78 Å². The largest absolute Gasteiger partial charge is 0.387 e. The number of ether oxygens (including phenoxy) is 1. The maximum Gasteiger partial charge on any atom is 0.103 e. The first-order valence-corrected chi connectivity index (χ1v) is 6.65. The van der Waals surface area contributed by atoms with Crippen LogP contribution in [0.3, 0.4) is 0 Å². The van der Waals surface area contributed by atoms with E-state index < -0.39 is 0 Å². The minimum atomic E-state index is 0.459. The highest BCUT2D eigenvalue weighted by atomic mass is 16.5. The molecule has 0 radical (unpaired) electrons. The molecule has 0 amide bonds. The molecule has 1 aromatic heterocycles. The van der Waals surface area contributed by atoms with Crippen LogP contribution in [0.5, 0.6) is 0 Å². The van der Waals surface area contributed by atoms with Gasteiger partial charge in [0.05, 0.1) is 25.5 Å². The van der Waals surface area contributed by atoms with Crippen molar-refractivity contribution < 1.29 is 4.74 Å². The molecule has 0 saturated heterocycles. The quantitative estimate of drug-likeness (QED) is 0.643. The Kier molecular flexibility index (Phi) is 4.75. The molecule has 0 atom stereocenters. The lowest BCUT2D eigenvalue weighted by Gasteiger charge is -2.20. The molecule has 1 heterocycles. The smallest absolute Gasteiger partial charge is 0.103 e. The number of hydrogen-bond donors (Lipinski definition) is 1. The zero-order valence-corrected chi connectivity index (χ0v) is 11.0. The lowest BCUT2D eigenvalue weighted by molar-refractivity contribution is 0.183. The molecule has 5 heteroatoms. The van der Waals surface area contributed by atoms with Crippen molar-refractivity contribution in [3.05, 3.63) is 12.4 Å². The second-order valence-electron chi connectivity index (χ2n) is 4.83. The summed E-state index contributed by atoms with van der Waals surface area (Å²) in [6.45, 7) is 1.40. The van der Waals surface area contributed by atoms with Crippen molar-refractivity contribution in [1.29, 1.82) is 0 Å². The van der Waals surface area contributed by atoms with Gasteiger partial charge in [-0.05, 0) is 12.8 Å². The second-order valence-corrected chi connectivity index (χ2v) is 4.83. The zero-order valence-electron chi connectivity index (χ0n) is 11.0. The number of nitrogens with two attached hydrogens (primary N) is 1. The third kappa shape index (κ3) is 3.57. The Hall–Kier alpha value is -1.36. The summed E-state index contributed by atoms with van der Waals surface area (Å²) in [5.41, 5.74) is 6.92. The first-order chi connectivity index (χ1) is 8.79. The average Bonchev–Trinajstić information content (AvgIpc) is 2.85. The molecule has 5 nitrogen and oxygen atoms in total. The first-order valence-electron chi connectivity index (χ1n) is 6.65. The fraction of sp³-hybridized carbons (Fsp3) is 0.692. The predicted molar refractivity (Wildman–Crippen MR) is 72.0 cm³/mol. The topological polar surface area (TPSA) is 65.4 Å². The summed E-state index contributed by atoms with van der Waals surface area (Å²) in [4.78, 5) is 4.48. The summed E-state index contributed by atoms with van der Waals surface area (Å²) < 4.78 is 6.84. The molecule has 0 spiro atoms. The normalized spacial score (nSPS) is 18.2. The molecule has 1 aliphatic carbocycles. The molecule has 2 N–H and O–H groups in total. The monoisotopic (exact) mass is 250 g/mol. The van der Waals surface area contributed by atoms with E-state index in [0.29, 0.717) is 12.5 Å². The summed E-state index contributed by atoms with van der Waals surface area (Å²) in [5, 5.41) is 4.23. The Morgan fingerprint density at radius 3 is 3.00 bits per heavy atom. The van der Waals surface area contributed by atoms with Gasteiger partial charge >= 0.3 is 0 Å². The lowest BCUT2D eigenvalue weighted by atomic mass is 9.88. The highest BCUT2D eigenvalue weighted by Crippen LogP contribution is 2.24.